The van der Waals surface area contributed by atoms with Gasteiger partial charge in [-0.3, -0.25) is 9.97 Å². The van der Waals surface area contributed by atoms with E-state index < -0.39 is 5.97 Å². The van der Waals surface area contributed by atoms with Crippen molar-refractivity contribution in [3.8, 4) is 11.3 Å². The molecule has 0 aliphatic heterocycles. The summed E-state index contributed by atoms with van der Waals surface area (Å²) in [5.41, 5.74) is 0.909. The largest absolute Gasteiger partial charge is 0.476 e. The normalized spacial score (nSPS) is 9.87. The highest BCUT2D eigenvalue weighted by Gasteiger charge is 2.13. The van der Waals surface area contributed by atoms with Gasteiger partial charge in [0.05, 0.1) is 0 Å². The fourth-order valence-corrected chi connectivity index (χ4v) is 1.21. The summed E-state index contributed by atoms with van der Waals surface area (Å²) in [6.45, 7) is 0. The molecule has 0 aromatic carbocycles. The Morgan fingerprint density at radius 1 is 1.20 bits per heavy atom. The zero-order valence-electron chi connectivity index (χ0n) is 7.66. The van der Waals surface area contributed by atoms with E-state index in [4.69, 9.17) is 5.11 Å². The lowest BCUT2D eigenvalue weighted by Gasteiger charge is -2.02. The van der Waals surface area contributed by atoms with E-state index in [-0.39, 0.29) is 5.69 Å². The van der Waals surface area contributed by atoms with E-state index in [1.165, 1.54) is 12.4 Å². The number of carboxylic acids is 1. The lowest BCUT2D eigenvalue weighted by Crippen LogP contribution is -2.04. The Labute approximate surface area is 85.5 Å². The van der Waals surface area contributed by atoms with Crippen LogP contribution in [0.2, 0.25) is 0 Å². The Morgan fingerprint density at radius 2 is 2.00 bits per heavy atom. The van der Waals surface area contributed by atoms with Crippen LogP contribution in [0.5, 0.6) is 0 Å². The molecule has 0 amide bonds. The van der Waals surface area contributed by atoms with Crippen LogP contribution in [-0.2, 0) is 0 Å². The van der Waals surface area contributed by atoms with E-state index >= 15 is 0 Å². The number of rotatable bonds is 2. The Hall–Kier alpha value is -2.30. The number of nitrogens with zero attached hydrogens (tertiary/aromatic N) is 3. The summed E-state index contributed by atoms with van der Waals surface area (Å²) < 4.78 is 0. The van der Waals surface area contributed by atoms with Gasteiger partial charge in [0.25, 0.3) is 0 Å². The predicted molar refractivity (Wildman–Crippen MR) is 52.2 cm³/mol. The number of carboxylic acid groups (broad SMARTS) is 1. The number of hydrogen-bond acceptors (Lipinski definition) is 4. The fourth-order valence-electron chi connectivity index (χ4n) is 1.21. The second-order valence-electron chi connectivity index (χ2n) is 2.80. The molecule has 0 unspecified atom stereocenters. The van der Waals surface area contributed by atoms with Gasteiger partial charge in [0, 0.05) is 30.4 Å². The molecule has 0 spiro atoms. The first kappa shape index (κ1) is 9.26. The third-order valence-corrected chi connectivity index (χ3v) is 1.84. The minimum atomic E-state index is -1.10. The molecule has 2 aromatic heterocycles. The van der Waals surface area contributed by atoms with E-state index in [9.17, 15) is 4.79 Å². The van der Waals surface area contributed by atoms with Crippen LogP contribution < -0.4 is 0 Å². The van der Waals surface area contributed by atoms with Crippen molar-refractivity contribution in [2.75, 3.05) is 0 Å². The van der Waals surface area contributed by atoms with E-state index in [1.54, 1.807) is 24.5 Å². The molecule has 2 rings (SSSR count). The summed E-state index contributed by atoms with van der Waals surface area (Å²) in [5, 5.41) is 8.90. The summed E-state index contributed by atoms with van der Waals surface area (Å²) in [6.07, 6.45) is 5.97. The van der Waals surface area contributed by atoms with Crippen LogP contribution in [0.15, 0.2) is 36.9 Å². The first-order valence-corrected chi connectivity index (χ1v) is 4.24. The quantitative estimate of drug-likeness (QED) is 0.790. The van der Waals surface area contributed by atoms with Crippen molar-refractivity contribution in [3.05, 3.63) is 42.6 Å². The molecule has 0 radical (unpaired) electrons. The molecule has 0 atom stereocenters. The highest BCUT2D eigenvalue weighted by molar-refractivity contribution is 5.92. The SMILES string of the molecule is O=C(O)c1nccnc1-c1cccnc1. The van der Waals surface area contributed by atoms with Crippen LogP contribution in [0.3, 0.4) is 0 Å². The van der Waals surface area contributed by atoms with Crippen molar-refractivity contribution < 1.29 is 9.90 Å². The minimum Gasteiger partial charge on any atom is -0.476 e. The van der Waals surface area contributed by atoms with Crippen LogP contribution in [0.4, 0.5) is 0 Å². The summed E-state index contributed by atoms with van der Waals surface area (Å²) in [6, 6.07) is 3.46. The second kappa shape index (κ2) is 3.83. The maximum Gasteiger partial charge on any atom is 0.356 e. The van der Waals surface area contributed by atoms with Crippen molar-refractivity contribution in [3.63, 3.8) is 0 Å². The topological polar surface area (TPSA) is 76.0 Å². The summed E-state index contributed by atoms with van der Waals surface area (Å²) in [4.78, 5) is 22.5. The van der Waals surface area contributed by atoms with E-state index in [0.717, 1.165) is 0 Å². The van der Waals surface area contributed by atoms with E-state index in [1.807, 2.05) is 0 Å². The number of aromatic nitrogens is 3. The summed E-state index contributed by atoms with van der Waals surface area (Å²) >= 11 is 0. The third-order valence-electron chi connectivity index (χ3n) is 1.84. The molecule has 74 valence electrons. The fraction of sp³-hybridized carbons (Fsp3) is 0. The number of aromatic carboxylic acids is 1. The first-order chi connectivity index (χ1) is 7.29. The second-order valence-corrected chi connectivity index (χ2v) is 2.80. The predicted octanol–water partition coefficient (Wildman–Crippen LogP) is 1.24. The van der Waals surface area contributed by atoms with Crippen molar-refractivity contribution in [1.82, 2.24) is 15.0 Å². The van der Waals surface area contributed by atoms with Gasteiger partial charge in [-0.2, -0.15) is 0 Å². The number of hydrogen-bond donors (Lipinski definition) is 1. The van der Waals surface area contributed by atoms with Crippen molar-refractivity contribution >= 4 is 5.97 Å². The molecule has 15 heavy (non-hydrogen) atoms. The standard InChI is InChI=1S/C10H7N3O2/c14-10(15)9-8(12-4-5-13-9)7-2-1-3-11-6-7/h1-6H,(H,14,15). The van der Waals surface area contributed by atoms with Gasteiger partial charge < -0.3 is 5.11 Å². The smallest absolute Gasteiger partial charge is 0.356 e. The van der Waals surface area contributed by atoms with Crippen LogP contribution in [-0.4, -0.2) is 26.0 Å². The molecular weight excluding hydrogens is 194 g/mol. The van der Waals surface area contributed by atoms with Gasteiger partial charge in [0.15, 0.2) is 5.69 Å². The van der Waals surface area contributed by atoms with Crippen molar-refractivity contribution in [2.45, 2.75) is 0 Å². The monoisotopic (exact) mass is 201 g/mol. The van der Waals surface area contributed by atoms with E-state index in [2.05, 4.69) is 15.0 Å². The van der Waals surface area contributed by atoms with Crippen LogP contribution >= 0.6 is 0 Å². The van der Waals surface area contributed by atoms with Crippen molar-refractivity contribution in [1.29, 1.82) is 0 Å². The molecule has 0 fully saturated rings. The molecule has 5 heteroatoms. The van der Waals surface area contributed by atoms with Gasteiger partial charge in [-0.1, -0.05) is 0 Å². The Kier molecular flexibility index (Phi) is 2.37. The summed E-state index contributed by atoms with van der Waals surface area (Å²) in [7, 11) is 0. The highest BCUT2D eigenvalue weighted by atomic mass is 16.4. The first-order valence-electron chi connectivity index (χ1n) is 4.24. The molecule has 2 heterocycles. The zero-order chi connectivity index (χ0) is 10.7. The average Bonchev–Trinajstić information content (AvgIpc) is 2.30. The van der Waals surface area contributed by atoms with Crippen LogP contribution in [0.1, 0.15) is 10.5 Å². The zero-order valence-corrected chi connectivity index (χ0v) is 7.66. The Balaban J connectivity index is 2.58. The molecule has 0 aliphatic carbocycles. The lowest BCUT2D eigenvalue weighted by atomic mass is 10.1. The molecule has 5 nitrogen and oxygen atoms in total. The van der Waals surface area contributed by atoms with Gasteiger partial charge in [-0.15, -0.1) is 0 Å². The van der Waals surface area contributed by atoms with Gasteiger partial charge in [0.2, 0.25) is 0 Å². The van der Waals surface area contributed by atoms with Gasteiger partial charge >= 0.3 is 5.97 Å². The minimum absolute atomic E-state index is 0.0644. The van der Waals surface area contributed by atoms with Crippen molar-refractivity contribution in [2.24, 2.45) is 0 Å². The third kappa shape index (κ3) is 1.80. The lowest BCUT2D eigenvalue weighted by molar-refractivity contribution is 0.0691. The Morgan fingerprint density at radius 3 is 2.67 bits per heavy atom. The summed E-state index contributed by atoms with van der Waals surface area (Å²) in [5.74, 6) is -1.10. The molecule has 0 saturated carbocycles. The Bertz CT molecular complexity index is 485. The molecule has 0 bridgehead atoms. The molecule has 1 N–H and O–H groups in total. The van der Waals surface area contributed by atoms with Crippen LogP contribution in [0, 0.1) is 0 Å². The van der Waals surface area contributed by atoms with Gasteiger partial charge in [-0.25, -0.2) is 9.78 Å². The maximum absolute atomic E-state index is 10.9. The average molecular weight is 201 g/mol. The number of carbonyl (C=O) groups is 1. The molecular formula is C10H7N3O2. The number of pyridine rings is 1. The highest BCUT2D eigenvalue weighted by Crippen LogP contribution is 2.17. The van der Waals surface area contributed by atoms with Crippen LogP contribution in [0.25, 0.3) is 11.3 Å². The molecule has 2 aromatic rings. The molecule has 0 aliphatic rings. The van der Waals surface area contributed by atoms with Gasteiger partial charge in [-0.05, 0) is 12.1 Å². The van der Waals surface area contributed by atoms with E-state index in [0.29, 0.717) is 11.3 Å². The van der Waals surface area contributed by atoms with Gasteiger partial charge in [0.1, 0.15) is 5.69 Å². The molecule has 0 saturated heterocycles. The maximum atomic E-state index is 10.9.